The molecule has 7 heterocycles. The predicted molar refractivity (Wildman–Crippen MR) is 292 cm³/mol. The van der Waals surface area contributed by atoms with Crippen LogP contribution in [0.1, 0.15) is 16.7 Å². The average Bonchev–Trinajstić information content (AvgIpc) is 3.95. The van der Waals surface area contributed by atoms with Crippen LogP contribution in [0.2, 0.25) is 0 Å². The van der Waals surface area contributed by atoms with E-state index in [0.717, 1.165) is 39.9 Å². The molecule has 2 amide bonds. The van der Waals surface area contributed by atoms with E-state index in [2.05, 4.69) is 23.5 Å². The van der Waals surface area contributed by atoms with Gasteiger partial charge in [-0.05, 0) is 114 Å². The zero-order valence-corrected chi connectivity index (χ0v) is 40.3. The maximum atomic E-state index is 15.0. The summed E-state index contributed by atoms with van der Waals surface area (Å²) in [6, 6.07) is 34.4. The van der Waals surface area contributed by atoms with Crippen LogP contribution in [0.4, 0.5) is 30.4 Å². The summed E-state index contributed by atoms with van der Waals surface area (Å²) in [5.74, 6) is -0.972. The Morgan fingerprint density at radius 1 is 0.645 bits per heavy atom. The van der Waals surface area contributed by atoms with Gasteiger partial charge in [-0.25, -0.2) is 4.98 Å². The second-order valence-corrected chi connectivity index (χ2v) is 18.5. The van der Waals surface area contributed by atoms with E-state index >= 15 is 4.79 Å². The molecular formula is C60H40F3N9O4. The summed E-state index contributed by atoms with van der Waals surface area (Å²) in [5, 5.41) is 5.84. The van der Waals surface area contributed by atoms with Crippen LogP contribution in [0.25, 0.3) is 99.3 Å². The van der Waals surface area contributed by atoms with Crippen molar-refractivity contribution in [1.82, 2.24) is 29.1 Å². The third-order valence-electron chi connectivity index (χ3n) is 14.0. The number of hydrogen-bond donors (Lipinski definition) is 2. The van der Waals surface area contributed by atoms with Gasteiger partial charge < -0.3 is 16.0 Å². The number of carbonyl (C=O) groups excluding carboxylic acids is 2. The number of aromatic nitrogens is 6. The molecule has 6 aromatic heterocycles. The number of carbonyl (C=O) groups is 2. The molecule has 0 aliphatic carbocycles. The van der Waals surface area contributed by atoms with Crippen molar-refractivity contribution >= 4 is 83.5 Å². The lowest BCUT2D eigenvalue weighted by atomic mass is 9.95. The Kier molecular flexibility index (Phi) is 11.0. The number of rotatable bonds is 8. The zero-order valence-electron chi connectivity index (χ0n) is 40.3. The topological polar surface area (TPSA) is 171 Å². The van der Waals surface area contributed by atoms with E-state index in [1.165, 1.54) is 34.9 Å². The van der Waals surface area contributed by atoms with Gasteiger partial charge in [-0.15, -0.1) is 0 Å². The molecule has 16 heteroatoms. The fourth-order valence-electron chi connectivity index (χ4n) is 10.4. The second kappa shape index (κ2) is 17.8. The molecule has 0 spiro atoms. The molecular weight excluding hydrogens is 968 g/mol. The van der Waals surface area contributed by atoms with Crippen molar-refractivity contribution in [2.45, 2.75) is 19.5 Å². The Balaban J connectivity index is 1.04. The third kappa shape index (κ3) is 7.81. The quantitative estimate of drug-likeness (QED) is 0.111. The lowest BCUT2D eigenvalue weighted by Gasteiger charge is -2.20. The molecule has 0 radical (unpaired) electrons. The van der Waals surface area contributed by atoms with Gasteiger partial charge in [0.2, 0.25) is 11.8 Å². The highest BCUT2D eigenvalue weighted by Crippen LogP contribution is 2.42. The number of halogens is 3. The number of alkyl halides is 3. The molecule has 0 bridgehead atoms. The van der Waals surface area contributed by atoms with Crippen molar-refractivity contribution in [3.63, 3.8) is 0 Å². The Morgan fingerprint density at radius 3 is 2.17 bits per heavy atom. The number of nitrogens with zero attached hydrogens (tertiary/aromatic N) is 7. The Labute approximate surface area is 429 Å². The first-order valence-corrected chi connectivity index (χ1v) is 23.9. The van der Waals surface area contributed by atoms with Crippen molar-refractivity contribution in [1.29, 1.82) is 0 Å². The van der Waals surface area contributed by atoms with Crippen LogP contribution < -0.4 is 27.1 Å². The fourth-order valence-corrected chi connectivity index (χ4v) is 10.4. The molecule has 370 valence electrons. The van der Waals surface area contributed by atoms with Crippen molar-refractivity contribution < 1.29 is 22.8 Å². The predicted octanol–water partition coefficient (Wildman–Crippen LogP) is 11.4. The Morgan fingerprint density at radius 2 is 1.38 bits per heavy atom. The van der Waals surface area contributed by atoms with Gasteiger partial charge in [-0.1, -0.05) is 55.6 Å². The summed E-state index contributed by atoms with van der Waals surface area (Å²) < 4.78 is 46.9. The summed E-state index contributed by atoms with van der Waals surface area (Å²) in [6.07, 6.45) is 4.42. The average molecular weight is 1010 g/mol. The van der Waals surface area contributed by atoms with Gasteiger partial charge in [-0.2, -0.15) is 13.2 Å². The number of nitrogen functional groups attached to an aromatic ring is 1. The molecule has 11 aromatic rings. The molecule has 0 unspecified atom stereocenters. The number of fused-ring (bicyclic) bond motifs is 8. The molecule has 1 aliphatic rings. The van der Waals surface area contributed by atoms with E-state index in [1.807, 2.05) is 67.6 Å². The van der Waals surface area contributed by atoms with E-state index < -0.39 is 17.3 Å². The van der Waals surface area contributed by atoms with Crippen LogP contribution in [0.5, 0.6) is 0 Å². The number of para-hydroxylation sites is 1. The van der Waals surface area contributed by atoms with Gasteiger partial charge in [0.1, 0.15) is 5.82 Å². The second-order valence-electron chi connectivity index (χ2n) is 18.5. The maximum absolute atomic E-state index is 15.0. The van der Waals surface area contributed by atoms with Crippen LogP contribution in [0, 0.1) is 6.92 Å². The van der Waals surface area contributed by atoms with Crippen LogP contribution in [-0.2, 0) is 22.2 Å². The highest BCUT2D eigenvalue weighted by Gasteiger charge is 2.35. The molecule has 0 saturated carbocycles. The number of anilines is 3. The molecule has 5 aromatic carbocycles. The van der Waals surface area contributed by atoms with Crippen LogP contribution >= 0.6 is 0 Å². The number of benzene rings is 5. The summed E-state index contributed by atoms with van der Waals surface area (Å²) in [5.41, 5.74) is 13.0. The molecule has 76 heavy (non-hydrogen) atoms. The SMILES string of the molecule is C=CC(=O)Nc1cc(-n2c(=O)ccc3cnc4ccc(-c5cnc6c(-c7cc(=O)n(-c8ccc9c(c8)N(C(=O)C=C)CC9)c8c7cnc7ccc(-c9cnc(N)cc9C(F)(F)F)cc78)cccc6c5)cc4c32)ccc1C. The van der Waals surface area contributed by atoms with Crippen molar-refractivity contribution in [2.75, 3.05) is 22.5 Å². The van der Waals surface area contributed by atoms with Crippen molar-refractivity contribution in [3.05, 3.63) is 209 Å². The van der Waals surface area contributed by atoms with Crippen LogP contribution in [0.3, 0.4) is 0 Å². The fraction of sp³-hybridized carbons (Fsp3) is 0.0667. The normalized spacial score (nSPS) is 12.4. The maximum Gasteiger partial charge on any atom is 0.417 e. The summed E-state index contributed by atoms with van der Waals surface area (Å²) in [4.78, 5) is 74.4. The van der Waals surface area contributed by atoms with Gasteiger partial charge in [0, 0.05) is 104 Å². The standard InChI is InChI=1S/C60H40F3N9O4/c1-4-53(73)69-50-24-39(14-9-32(50)3)71-55(75)18-13-37-28-65-48-16-11-34(22-43(48)58(37)71)38-21-36-7-6-8-41(57(36)68-29-38)42-26-56(76)72(40-15-10-33-19-20-70(51(33)25-40)54(74)5-2)59-44-23-35(12-17-49(44)66-31-46(42)59)45-30-67-52(64)27-47(45)60(61,62)63/h4-18,21-31H,1-2,19-20H2,3H3,(H2,64,67)(H,69,73). The lowest BCUT2D eigenvalue weighted by molar-refractivity contribution is -0.137. The largest absolute Gasteiger partial charge is 0.417 e. The third-order valence-corrected chi connectivity index (χ3v) is 14.0. The summed E-state index contributed by atoms with van der Waals surface area (Å²) in [6.45, 7) is 9.51. The summed E-state index contributed by atoms with van der Waals surface area (Å²) in [7, 11) is 0. The van der Waals surface area contributed by atoms with E-state index in [1.54, 1.807) is 64.5 Å². The van der Waals surface area contributed by atoms with Gasteiger partial charge in [0.15, 0.2) is 0 Å². The van der Waals surface area contributed by atoms with Crippen molar-refractivity contribution in [3.8, 4) is 44.8 Å². The first kappa shape index (κ1) is 46.9. The lowest BCUT2D eigenvalue weighted by Crippen LogP contribution is -2.27. The molecule has 0 atom stereocenters. The van der Waals surface area contributed by atoms with Crippen molar-refractivity contribution in [2.24, 2.45) is 0 Å². The highest BCUT2D eigenvalue weighted by molar-refractivity contribution is 6.13. The van der Waals surface area contributed by atoms with Gasteiger partial charge >= 0.3 is 6.18 Å². The minimum absolute atomic E-state index is 0.168. The molecule has 13 nitrogen and oxygen atoms in total. The van der Waals surface area contributed by atoms with Gasteiger partial charge in [-0.3, -0.25) is 43.3 Å². The molecule has 1 aliphatic heterocycles. The van der Waals surface area contributed by atoms with E-state index in [9.17, 15) is 27.6 Å². The van der Waals surface area contributed by atoms with E-state index in [0.29, 0.717) is 96.0 Å². The Bertz CT molecular complexity index is 4510. The Hall–Kier alpha value is -10.1. The number of amides is 2. The van der Waals surface area contributed by atoms with Gasteiger partial charge in [0.25, 0.3) is 11.1 Å². The van der Waals surface area contributed by atoms with E-state index in [4.69, 9.17) is 20.7 Å². The van der Waals surface area contributed by atoms with E-state index in [-0.39, 0.29) is 34.3 Å². The molecule has 0 fully saturated rings. The monoisotopic (exact) mass is 1010 g/mol. The number of hydrogen-bond acceptors (Lipinski definition) is 9. The minimum Gasteiger partial charge on any atom is -0.384 e. The number of nitrogens with two attached hydrogens (primary N) is 1. The number of pyridine rings is 6. The summed E-state index contributed by atoms with van der Waals surface area (Å²) >= 11 is 0. The van der Waals surface area contributed by atoms with Gasteiger partial charge in [0.05, 0.1) is 44.5 Å². The first-order valence-electron chi connectivity index (χ1n) is 23.9. The minimum atomic E-state index is -4.77. The highest BCUT2D eigenvalue weighted by atomic mass is 19.4. The smallest absolute Gasteiger partial charge is 0.384 e. The van der Waals surface area contributed by atoms with Crippen LogP contribution in [0.15, 0.2) is 181 Å². The molecule has 0 saturated heterocycles. The molecule has 3 N–H and O–H groups in total. The van der Waals surface area contributed by atoms with Crippen LogP contribution in [-0.4, -0.2) is 47.4 Å². The zero-order chi connectivity index (χ0) is 52.7. The number of aryl methyl sites for hydroxylation is 1. The first-order chi connectivity index (χ1) is 36.7. The molecule has 12 rings (SSSR count). The number of nitrogens with one attached hydrogen (secondary N) is 1.